The minimum atomic E-state index is -0.869. The van der Waals surface area contributed by atoms with E-state index in [1.165, 1.54) is 0 Å². The van der Waals surface area contributed by atoms with Crippen LogP contribution in [0.2, 0.25) is 0 Å². The average Bonchev–Trinajstić information content (AvgIpc) is 2.38. The first-order valence-electron chi connectivity index (χ1n) is 6.38. The minimum absolute atomic E-state index is 0.0798. The van der Waals surface area contributed by atoms with Gasteiger partial charge in [-0.15, -0.1) is 0 Å². The normalized spacial score (nSPS) is 10.2. The van der Waals surface area contributed by atoms with Crippen molar-refractivity contribution in [2.75, 3.05) is 13.6 Å². The minimum Gasteiger partial charge on any atom is -0.478 e. The Balaban J connectivity index is 2.34. The van der Waals surface area contributed by atoms with E-state index >= 15 is 0 Å². The van der Waals surface area contributed by atoms with Crippen molar-refractivity contribution in [2.24, 2.45) is 5.73 Å². The molecule has 0 bridgehead atoms. The number of benzene rings is 1. The van der Waals surface area contributed by atoms with E-state index in [1.54, 1.807) is 24.1 Å². The van der Waals surface area contributed by atoms with Gasteiger partial charge in [0.1, 0.15) is 0 Å². The molecule has 104 valence electrons. The zero-order valence-corrected chi connectivity index (χ0v) is 11.2. The van der Waals surface area contributed by atoms with Gasteiger partial charge in [0.2, 0.25) is 0 Å². The van der Waals surface area contributed by atoms with E-state index in [2.05, 4.69) is 0 Å². The van der Waals surface area contributed by atoms with Gasteiger partial charge in [-0.2, -0.15) is 0 Å². The molecule has 0 aliphatic heterocycles. The lowest BCUT2D eigenvalue weighted by Crippen LogP contribution is -2.33. The second-order valence-electron chi connectivity index (χ2n) is 4.58. The lowest BCUT2D eigenvalue weighted by molar-refractivity contribution is 0.0695. The first-order valence-corrected chi connectivity index (χ1v) is 6.38. The molecule has 0 amide bonds. The molecule has 0 saturated heterocycles. The highest BCUT2D eigenvalue weighted by Crippen LogP contribution is 2.13. The van der Waals surface area contributed by atoms with E-state index in [9.17, 15) is 4.79 Å². The highest BCUT2D eigenvalue weighted by molar-refractivity contribution is 5.89. The van der Waals surface area contributed by atoms with Crippen LogP contribution in [0.25, 0.3) is 0 Å². The van der Waals surface area contributed by atoms with E-state index in [-0.39, 0.29) is 5.96 Å². The molecule has 0 saturated carbocycles. The molecule has 0 heterocycles. The molecule has 1 aromatic carbocycles. The van der Waals surface area contributed by atoms with Crippen LogP contribution in [0.3, 0.4) is 0 Å². The lowest BCUT2D eigenvalue weighted by Gasteiger charge is -2.16. The van der Waals surface area contributed by atoms with E-state index in [0.717, 1.165) is 37.8 Å². The highest BCUT2D eigenvalue weighted by Gasteiger charge is 2.08. The molecule has 0 aromatic heterocycles. The highest BCUT2D eigenvalue weighted by atomic mass is 16.4. The number of carboxylic acid groups (broad SMARTS) is 1. The molecular formula is C14H21N3O2. The summed E-state index contributed by atoms with van der Waals surface area (Å²) in [4.78, 5) is 12.7. The second-order valence-corrected chi connectivity index (χ2v) is 4.58. The molecule has 5 heteroatoms. The summed E-state index contributed by atoms with van der Waals surface area (Å²) in [7, 11) is 1.79. The maximum Gasteiger partial charge on any atom is 0.335 e. The number of unbranched alkanes of at least 4 members (excludes halogenated alkanes) is 2. The molecule has 4 N–H and O–H groups in total. The molecule has 0 radical (unpaired) electrons. The number of nitrogens with two attached hydrogens (primary N) is 1. The molecule has 0 aliphatic rings. The molecule has 19 heavy (non-hydrogen) atoms. The third-order valence-electron chi connectivity index (χ3n) is 3.10. The van der Waals surface area contributed by atoms with Crippen molar-refractivity contribution < 1.29 is 9.90 Å². The van der Waals surface area contributed by atoms with Crippen LogP contribution in [0.15, 0.2) is 24.3 Å². The molecule has 0 spiro atoms. The van der Waals surface area contributed by atoms with E-state index in [4.69, 9.17) is 16.2 Å². The van der Waals surface area contributed by atoms with Gasteiger partial charge in [-0.25, -0.2) is 4.79 Å². The predicted octanol–water partition coefficient (Wildman–Crippen LogP) is 1.92. The Bertz CT molecular complexity index is 446. The van der Waals surface area contributed by atoms with Crippen LogP contribution >= 0.6 is 0 Å². The Morgan fingerprint density at radius 3 is 2.63 bits per heavy atom. The zero-order chi connectivity index (χ0) is 14.3. The van der Waals surface area contributed by atoms with Crippen molar-refractivity contribution in [1.82, 2.24) is 4.90 Å². The maximum atomic E-state index is 11.0. The fraction of sp³-hybridized carbons (Fsp3) is 0.429. The smallest absolute Gasteiger partial charge is 0.335 e. The van der Waals surface area contributed by atoms with Gasteiger partial charge in [-0.05, 0) is 30.9 Å². The number of hydrogen-bond donors (Lipinski definition) is 3. The van der Waals surface area contributed by atoms with E-state index in [0.29, 0.717) is 5.56 Å². The summed E-state index contributed by atoms with van der Waals surface area (Å²) in [6.07, 6.45) is 3.65. The number of hydrogen-bond acceptors (Lipinski definition) is 2. The van der Waals surface area contributed by atoms with Crippen LogP contribution in [0, 0.1) is 5.41 Å². The quantitative estimate of drug-likeness (QED) is 0.398. The predicted molar refractivity (Wildman–Crippen MR) is 75.5 cm³/mol. The van der Waals surface area contributed by atoms with Crippen LogP contribution in [0.5, 0.6) is 0 Å². The number of nitrogens with zero attached hydrogens (tertiary/aromatic N) is 1. The second kappa shape index (κ2) is 7.41. The Morgan fingerprint density at radius 2 is 2.00 bits per heavy atom. The monoisotopic (exact) mass is 263 g/mol. The number of guanidine groups is 1. The van der Waals surface area contributed by atoms with E-state index in [1.807, 2.05) is 12.1 Å². The summed E-state index contributed by atoms with van der Waals surface area (Å²) in [6.45, 7) is 0.760. The number of rotatable bonds is 7. The average molecular weight is 263 g/mol. The van der Waals surface area contributed by atoms with Gasteiger partial charge in [0.25, 0.3) is 0 Å². The maximum absolute atomic E-state index is 11.0. The van der Waals surface area contributed by atoms with Gasteiger partial charge < -0.3 is 15.7 Å². The molecule has 1 aromatic rings. The summed E-state index contributed by atoms with van der Waals surface area (Å²) in [6, 6.07) is 7.12. The number of carbonyl (C=O) groups is 1. The van der Waals surface area contributed by atoms with Crippen molar-refractivity contribution in [3.05, 3.63) is 35.4 Å². The van der Waals surface area contributed by atoms with Crippen molar-refractivity contribution >= 4 is 11.9 Å². The topological polar surface area (TPSA) is 90.4 Å². The largest absolute Gasteiger partial charge is 0.478 e. The summed E-state index contributed by atoms with van der Waals surface area (Å²) in [5.74, 6) is -0.789. The third-order valence-corrected chi connectivity index (χ3v) is 3.10. The Morgan fingerprint density at radius 1 is 1.32 bits per heavy atom. The van der Waals surface area contributed by atoms with Crippen LogP contribution < -0.4 is 5.73 Å². The zero-order valence-electron chi connectivity index (χ0n) is 11.2. The number of nitrogens with one attached hydrogen (secondary N) is 1. The number of aryl methyl sites for hydroxylation is 1. The van der Waals surface area contributed by atoms with Crippen LogP contribution in [-0.2, 0) is 6.42 Å². The van der Waals surface area contributed by atoms with Crippen LogP contribution in [0.1, 0.15) is 35.2 Å². The van der Waals surface area contributed by atoms with Crippen LogP contribution in [-0.4, -0.2) is 35.5 Å². The van der Waals surface area contributed by atoms with E-state index < -0.39 is 5.97 Å². The molecular weight excluding hydrogens is 242 g/mol. The van der Waals surface area contributed by atoms with Crippen molar-refractivity contribution in [3.8, 4) is 0 Å². The number of aromatic carboxylic acids is 1. The van der Waals surface area contributed by atoms with Crippen molar-refractivity contribution in [2.45, 2.75) is 25.7 Å². The summed E-state index contributed by atoms with van der Waals surface area (Å²) >= 11 is 0. The van der Waals surface area contributed by atoms with Gasteiger partial charge in [-0.1, -0.05) is 24.6 Å². The number of carboxylic acids is 1. The fourth-order valence-corrected chi connectivity index (χ4v) is 1.91. The summed E-state index contributed by atoms with van der Waals surface area (Å²) in [5.41, 5.74) is 6.62. The molecule has 0 atom stereocenters. The first kappa shape index (κ1) is 15.0. The Kier molecular flexibility index (Phi) is 5.85. The standard InChI is InChI=1S/C14H21N3O2/c1-17(14(15)16)10-6-2-3-7-11-8-4-5-9-12(11)13(18)19/h4-5,8-9H,2-3,6-7,10H2,1H3,(H3,15,16)(H,18,19). The first-order chi connectivity index (χ1) is 9.02. The van der Waals surface area contributed by atoms with Gasteiger partial charge in [0, 0.05) is 13.6 Å². The summed E-state index contributed by atoms with van der Waals surface area (Å²) < 4.78 is 0. The van der Waals surface area contributed by atoms with Gasteiger partial charge in [0.15, 0.2) is 5.96 Å². The van der Waals surface area contributed by atoms with Gasteiger partial charge >= 0.3 is 5.97 Å². The molecule has 0 aliphatic carbocycles. The fourth-order valence-electron chi connectivity index (χ4n) is 1.91. The Hall–Kier alpha value is -2.04. The third kappa shape index (κ3) is 4.99. The van der Waals surface area contributed by atoms with Crippen molar-refractivity contribution in [1.29, 1.82) is 5.41 Å². The lowest BCUT2D eigenvalue weighted by atomic mass is 10.0. The molecule has 0 unspecified atom stereocenters. The summed E-state index contributed by atoms with van der Waals surface area (Å²) in [5, 5.41) is 16.3. The molecule has 1 rings (SSSR count). The Labute approximate surface area is 113 Å². The molecule has 0 fully saturated rings. The SMILES string of the molecule is CN(CCCCCc1ccccc1C(=O)O)C(=N)N. The van der Waals surface area contributed by atoms with Gasteiger partial charge in [0.05, 0.1) is 5.56 Å². The van der Waals surface area contributed by atoms with Crippen LogP contribution in [0.4, 0.5) is 0 Å². The van der Waals surface area contributed by atoms with Crippen molar-refractivity contribution in [3.63, 3.8) is 0 Å². The van der Waals surface area contributed by atoms with Gasteiger partial charge in [-0.3, -0.25) is 5.41 Å². The molecule has 5 nitrogen and oxygen atoms in total.